The highest BCUT2D eigenvalue weighted by atomic mass is 16.6. The van der Waals surface area contributed by atoms with Gasteiger partial charge in [0.25, 0.3) is 0 Å². The number of phenolic OH excluding ortho intramolecular Hbond substituents is 1. The SMILES string of the molecule is O=[N+]([O-])CCCCCCCCc1ccccc1O. The van der Waals surface area contributed by atoms with E-state index in [1.165, 1.54) is 0 Å². The predicted octanol–water partition coefficient (Wildman–Crippen LogP) is 3.55. The van der Waals surface area contributed by atoms with Crippen molar-refractivity contribution in [3.8, 4) is 5.75 Å². The van der Waals surface area contributed by atoms with Gasteiger partial charge in [0, 0.05) is 11.3 Å². The topological polar surface area (TPSA) is 63.4 Å². The lowest BCUT2D eigenvalue weighted by Crippen LogP contribution is -1.99. The molecule has 4 heteroatoms. The van der Waals surface area contributed by atoms with Crippen LogP contribution in [0.5, 0.6) is 5.75 Å². The van der Waals surface area contributed by atoms with Gasteiger partial charge in [0.15, 0.2) is 0 Å². The minimum Gasteiger partial charge on any atom is -0.508 e. The van der Waals surface area contributed by atoms with Crippen molar-refractivity contribution >= 4 is 0 Å². The molecule has 0 heterocycles. The van der Waals surface area contributed by atoms with Crippen LogP contribution in [0.4, 0.5) is 0 Å². The summed E-state index contributed by atoms with van der Waals surface area (Å²) in [6, 6.07) is 7.43. The van der Waals surface area contributed by atoms with Gasteiger partial charge >= 0.3 is 0 Å². The summed E-state index contributed by atoms with van der Waals surface area (Å²) in [5, 5.41) is 19.7. The van der Waals surface area contributed by atoms with Gasteiger partial charge in [0.1, 0.15) is 5.75 Å². The van der Waals surface area contributed by atoms with E-state index >= 15 is 0 Å². The molecule has 100 valence electrons. The van der Waals surface area contributed by atoms with Crippen molar-refractivity contribution in [2.45, 2.75) is 44.9 Å². The van der Waals surface area contributed by atoms with Crippen LogP contribution in [0.1, 0.15) is 44.1 Å². The number of nitrogens with zero attached hydrogens (tertiary/aromatic N) is 1. The van der Waals surface area contributed by atoms with Crippen LogP contribution in [0.3, 0.4) is 0 Å². The van der Waals surface area contributed by atoms with Crippen molar-refractivity contribution in [2.75, 3.05) is 6.54 Å². The van der Waals surface area contributed by atoms with Crippen LogP contribution in [0.25, 0.3) is 0 Å². The molecule has 0 radical (unpaired) electrons. The van der Waals surface area contributed by atoms with Gasteiger partial charge in [0.05, 0.1) is 0 Å². The number of hydrogen-bond donors (Lipinski definition) is 1. The Morgan fingerprint density at radius 2 is 1.61 bits per heavy atom. The van der Waals surface area contributed by atoms with Gasteiger partial charge in [-0.25, -0.2) is 0 Å². The third kappa shape index (κ3) is 6.23. The maximum absolute atomic E-state index is 10.1. The number of benzene rings is 1. The first-order valence-electron chi connectivity index (χ1n) is 6.59. The molecule has 0 saturated heterocycles. The van der Waals surface area contributed by atoms with E-state index in [9.17, 15) is 15.2 Å². The Morgan fingerprint density at radius 1 is 1.00 bits per heavy atom. The Morgan fingerprint density at radius 3 is 2.28 bits per heavy atom. The smallest absolute Gasteiger partial charge is 0.203 e. The fourth-order valence-electron chi connectivity index (χ4n) is 1.99. The Balaban J connectivity index is 1.99. The summed E-state index contributed by atoms with van der Waals surface area (Å²) in [4.78, 5) is 9.85. The molecule has 1 aromatic carbocycles. The molecule has 0 saturated carbocycles. The van der Waals surface area contributed by atoms with E-state index in [-0.39, 0.29) is 11.5 Å². The van der Waals surface area contributed by atoms with Crippen molar-refractivity contribution in [1.29, 1.82) is 0 Å². The number of para-hydroxylation sites is 1. The highest BCUT2D eigenvalue weighted by molar-refractivity contribution is 5.31. The quantitative estimate of drug-likeness (QED) is 0.414. The molecule has 0 bridgehead atoms. The summed E-state index contributed by atoms with van der Waals surface area (Å²) < 4.78 is 0. The number of hydrogen-bond acceptors (Lipinski definition) is 3. The van der Waals surface area contributed by atoms with Crippen LogP contribution in [0.2, 0.25) is 0 Å². The number of aromatic hydroxyl groups is 1. The zero-order valence-corrected chi connectivity index (χ0v) is 10.7. The Hall–Kier alpha value is -1.58. The van der Waals surface area contributed by atoms with Gasteiger partial charge in [-0.05, 0) is 30.9 Å². The first-order valence-corrected chi connectivity index (χ1v) is 6.59. The fourth-order valence-corrected chi connectivity index (χ4v) is 1.99. The van der Waals surface area contributed by atoms with Crippen LogP contribution in [0.15, 0.2) is 24.3 Å². The van der Waals surface area contributed by atoms with E-state index in [1.54, 1.807) is 6.07 Å². The molecule has 0 fully saturated rings. The van der Waals surface area contributed by atoms with Crippen molar-refractivity contribution < 1.29 is 10.0 Å². The third-order valence-electron chi connectivity index (χ3n) is 3.03. The Labute approximate surface area is 108 Å². The standard InChI is InChI=1S/C14H21NO3/c16-14-11-7-6-10-13(14)9-5-3-1-2-4-8-12-15(17)18/h6-7,10-11,16H,1-5,8-9,12H2. The van der Waals surface area contributed by atoms with Crippen LogP contribution in [-0.2, 0) is 6.42 Å². The van der Waals surface area contributed by atoms with Gasteiger partial charge < -0.3 is 5.11 Å². The van der Waals surface area contributed by atoms with Gasteiger partial charge in [-0.15, -0.1) is 0 Å². The Bertz CT molecular complexity index is 366. The maximum atomic E-state index is 10.1. The van der Waals surface area contributed by atoms with Crippen molar-refractivity contribution in [3.63, 3.8) is 0 Å². The van der Waals surface area contributed by atoms with Gasteiger partial charge in [-0.3, -0.25) is 10.1 Å². The second kappa shape index (κ2) is 8.50. The molecule has 4 nitrogen and oxygen atoms in total. The summed E-state index contributed by atoms with van der Waals surface area (Å²) in [7, 11) is 0. The molecule has 18 heavy (non-hydrogen) atoms. The largest absolute Gasteiger partial charge is 0.508 e. The highest BCUT2D eigenvalue weighted by Gasteiger charge is 2.00. The zero-order valence-electron chi connectivity index (χ0n) is 10.7. The summed E-state index contributed by atoms with van der Waals surface area (Å²) in [5.74, 6) is 0.378. The number of rotatable bonds is 9. The molecule has 1 N–H and O–H groups in total. The summed E-state index contributed by atoms with van der Waals surface area (Å²) in [6.45, 7) is 0.0951. The number of unbranched alkanes of at least 4 members (excludes halogenated alkanes) is 5. The molecule has 0 amide bonds. The number of nitro groups is 1. The normalized spacial score (nSPS) is 10.4. The van der Waals surface area contributed by atoms with Gasteiger partial charge in [-0.2, -0.15) is 0 Å². The van der Waals surface area contributed by atoms with E-state index in [0.29, 0.717) is 12.2 Å². The summed E-state index contributed by atoms with van der Waals surface area (Å²) >= 11 is 0. The summed E-state index contributed by atoms with van der Waals surface area (Å²) in [5.41, 5.74) is 1.01. The van der Waals surface area contributed by atoms with Crippen molar-refractivity contribution in [2.24, 2.45) is 0 Å². The van der Waals surface area contributed by atoms with E-state index in [0.717, 1.165) is 44.1 Å². The second-order valence-corrected chi connectivity index (χ2v) is 4.56. The minimum absolute atomic E-state index is 0.0951. The lowest BCUT2D eigenvalue weighted by atomic mass is 10.0. The lowest BCUT2D eigenvalue weighted by Gasteiger charge is -2.04. The minimum atomic E-state index is -0.252. The van der Waals surface area contributed by atoms with Crippen molar-refractivity contribution in [3.05, 3.63) is 39.9 Å². The average Bonchev–Trinajstić information content (AvgIpc) is 2.34. The molecule has 0 unspecified atom stereocenters. The number of aryl methyl sites for hydroxylation is 1. The van der Waals surface area contributed by atoms with E-state index in [4.69, 9.17) is 0 Å². The van der Waals surface area contributed by atoms with Crippen LogP contribution < -0.4 is 0 Å². The zero-order chi connectivity index (χ0) is 13.2. The van der Waals surface area contributed by atoms with Gasteiger partial charge in [0.2, 0.25) is 6.54 Å². The summed E-state index contributed by atoms with van der Waals surface area (Å²) in [6.07, 6.45) is 6.89. The third-order valence-corrected chi connectivity index (χ3v) is 3.03. The molecule has 0 spiro atoms. The molecule has 1 aromatic rings. The molecule has 1 rings (SSSR count). The van der Waals surface area contributed by atoms with Crippen molar-refractivity contribution in [1.82, 2.24) is 0 Å². The first kappa shape index (κ1) is 14.5. The number of phenols is 1. The fraction of sp³-hybridized carbons (Fsp3) is 0.571. The molecule has 0 atom stereocenters. The Kier molecular flexibility index (Phi) is 6.84. The molecule has 0 aliphatic rings. The monoisotopic (exact) mass is 251 g/mol. The van der Waals surface area contributed by atoms with E-state index < -0.39 is 0 Å². The predicted molar refractivity (Wildman–Crippen MR) is 71.4 cm³/mol. The van der Waals surface area contributed by atoms with Crippen LogP contribution >= 0.6 is 0 Å². The molecule has 0 aliphatic heterocycles. The molecular formula is C14H21NO3. The van der Waals surface area contributed by atoms with Gasteiger partial charge in [-0.1, -0.05) is 37.5 Å². The molecular weight excluding hydrogens is 230 g/mol. The van der Waals surface area contributed by atoms with Crippen LogP contribution in [-0.4, -0.2) is 16.6 Å². The maximum Gasteiger partial charge on any atom is 0.203 e. The second-order valence-electron chi connectivity index (χ2n) is 4.56. The molecule has 0 aliphatic carbocycles. The lowest BCUT2D eigenvalue weighted by molar-refractivity contribution is -0.480. The average molecular weight is 251 g/mol. The van der Waals surface area contributed by atoms with Crippen LogP contribution in [0, 0.1) is 10.1 Å². The molecule has 0 aromatic heterocycles. The highest BCUT2D eigenvalue weighted by Crippen LogP contribution is 2.18. The van der Waals surface area contributed by atoms with E-state index in [2.05, 4.69) is 0 Å². The van der Waals surface area contributed by atoms with E-state index in [1.807, 2.05) is 18.2 Å². The first-order chi connectivity index (χ1) is 8.70.